The van der Waals surface area contributed by atoms with Crippen molar-refractivity contribution >= 4 is 10.8 Å². The van der Waals surface area contributed by atoms with Gasteiger partial charge in [-0.3, -0.25) is 0 Å². The summed E-state index contributed by atoms with van der Waals surface area (Å²) in [4.78, 5) is 0. The number of aryl methyl sites for hydroxylation is 2. The van der Waals surface area contributed by atoms with Gasteiger partial charge in [0.15, 0.2) is 12.4 Å². The lowest BCUT2D eigenvalue weighted by Gasteiger charge is -2.07. The number of rotatable bonds is 4. The molecule has 3 rings (SSSR count). The van der Waals surface area contributed by atoms with Gasteiger partial charge in [0, 0.05) is 10.9 Å². The van der Waals surface area contributed by atoms with E-state index >= 15 is 0 Å². The van der Waals surface area contributed by atoms with E-state index in [0.29, 0.717) is 0 Å². The van der Waals surface area contributed by atoms with Crippen LogP contribution in [0.15, 0.2) is 60.9 Å². The Kier molecular flexibility index (Phi) is 3.73. The predicted octanol–water partition coefficient (Wildman–Crippen LogP) is 3.27. The minimum atomic E-state index is 0.843. The fourth-order valence-corrected chi connectivity index (χ4v) is 2.57. The fourth-order valence-electron chi connectivity index (χ4n) is 2.57. The van der Waals surface area contributed by atoms with Crippen LogP contribution in [0.25, 0.3) is 10.8 Å². The first-order valence-electron chi connectivity index (χ1n) is 6.99. The standard InChI is InChI=1S/C18H17NO2/c1-21-17-10-7-14(8-11-17)6-9-16-13-19(20)12-15-4-2-3-5-18(15)16/h2-5,7-8,10-13H,6,9H2,1H3. The lowest BCUT2D eigenvalue weighted by atomic mass is 10.0. The Hall–Kier alpha value is -2.55. The van der Waals surface area contributed by atoms with E-state index in [1.54, 1.807) is 19.5 Å². The number of ether oxygens (including phenoxy) is 1. The molecule has 21 heavy (non-hydrogen) atoms. The minimum Gasteiger partial charge on any atom is -0.619 e. The molecule has 3 nitrogen and oxygen atoms in total. The molecule has 0 radical (unpaired) electrons. The maximum Gasteiger partial charge on any atom is 0.188 e. The molecule has 0 spiro atoms. The summed E-state index contributed by atoms with van der Waals surface area (Å²) in [6, 6.07) is 16.1. The number of nitrogens with zero attached hydrogens (tertiary/aromatic N) is 1. The van der Waals surface area contributed by atoms with Gasteiger partial charge in [0.25, 0.3) is 0 Å². The molecule has 3 heteroatoms. The number of hydrogen-bond acceptors (Lipinski definition) is 2. The van der Waals surface area contributed by atoms with Crippen LogP contribution in [-0.4, -0.2) is 7.11 Å². The van der Waals surface area contributed by atoms with Gasteiger partial charge in [-0.2, -0.15) is 4.73 Å². The van der Waals surface area contributed by atoms with Crippen LogP contribution in [0, 0.1) is 5.21 Å². The molecule has 1 heterocycles. The summed E-state index contributed by atoms with van der Waals surface area (Å²) >= 11 is 0. The Morgan fingerprint density at radius 2 is 1.71 bits per heavy atom. The first-order valence-corrected chi connectivity index (χ1v) is 6.99. The second-order valence-electron chi connectivity index (χ2n) is 5.08. The van der Waals surface area contributed by atoms with Crippen molar-refractivity contribution in [1.29, 1.82) is 0 Å². The average molecular weight is 279 g/mol. The summed E-state index contributed by atoms with van der Waals surface area (Å²) in [5.41, 5.74) is 2.32. The highest BCUT2D eigenvalue weighted by Gasteiger charge is 2.07. The van der Waals surface area contributed by atoms with Crippen molar-refractivity contribution in [2.45, 2.75) is 12.8 Å². The van der Waals surface area contributed by atoms with Gasteiger partial charge in [0.2, 0.25) is 0 Å². The van der Waals surface area contributed by atoms with Crippen LogP contribution >= 0.6 is 0 Å². The van der Waals surface area contributed by atoms with Crippen molar-refractivity contribution in [3.63, 3.8) is 0 Å². The van der Waals surface area contributed by atoms with Crippen LogP contribution in [0.2, 0.25) is 0 Å². The molecule has 0 aliphatic rings. The summed E-state index contributed by atoms with van der Waals surface area (Å²) in [6.45, 7) is 0. The Balaban J connectivity index is 1.84. The van der Waals surface area contributed by atoms with Crippen LogP contribution in [0.3, 0.4) is 0 Å². The van der Waals surface area contributed by atoms with Gasteiger partial charge in [-0.25, -0.2) is 0 Å². The molecular weight excluding hydrogens is 262 g/mol. The van der Waals surface area contributed by atoms with Gasteiger partial charge in [-0.15, -0.1) is 0 Å². The van der Waals surface area contributed by atoms with Crippen molar-refractivity contribution in [3.05, 3.63) is 77.3 Å². The Bertz CT molecular complexity index is 751. The van der Waals surface area contributed by atoms with E-state index < -0.39 is 0 Å². The van der Waals surface area contributed by atoms with Crippen LogP contribution in [0.5, 0.6) is 5.75 Å². The van der Waals surface area contributed by atoms with Crippen LogP contribution < -0.4 is 9.47 Å². The molecule has 0 saturated carbocycles. The lowest BCUT2D eigenvalue weighted by Crippen LogP contribution is -2.25. The number of hydrogen-bond donors (Lipinski definition) is 0. The molecule has 0 bridgehead atoms. The molecule has 0 amide bonds. The van der Waals surface area contributed by atoms with Crippen LogP contribution in [0.4, 0.5) is 0 Å². The zero-order chi connectivity index (χ0) is 14.7. The average Bonchev–Trinajstić information content (AvgIpc) is 2.53. The highest BCUT2D eigenvalue weighted by atomic mass is 16.5. The number of methoxy groups -OCH3 is 1. The molecule has 0 unspecified atom stereocenters. The smallest absolute Gasteiger partial charge is 0.188 e. The number of pyridine rings is 1. The molecule has 2 aromatic carbocycles. The molecular formula is C18H17NO2. The van der Waals surface area contributed by atoms with Gasteiger partial charge >= 0.3 is 0 Å². The first-order chi connectivity index (χ1) is 10.3. The van der Waals surface area contributed by atoms with Crippen molar-refractivity contribution in [3.8, 4) is 5.75 Å². The Morgan fingerprint density at radius 3 is 2.48 bits per heavy atom. The van der Waals surface area contributed by atoms with Crippen molar-refractivity contribution in [1.82, 2.24) is 0 Å². The van der Waals surface area contributed by atoms with Crippen molar-refractivity contribution in [2.75, 3.05) is 7.11 Å². The number of aromatic nitrogens is 1. The van der Waals surface area contributed by atoms with E-state index in [4.69, 9.17) is 4.74 Å². The third-order valence-electron chi connectivity index (χ3n) is 3.70. The Morgan fingerprint density at radius 1 is 0.952 bits per heavy atom. The van der Waals surface area contributed by atoms with Gasteiger partial charge in [-0.1, -0.05) is 30.3 Å². The van der Waals surface area contributed by atoms with Gasteiger partial charge in [0.05, 0.1) is 7.11 Å². The SMILES string of the molecule is COc1ccc(CCc2c[n+]([O-])cc3ccccc23)cc1. The van der Waals surface area contributed by atoms with E-state index in [-0.39, 0.29) is 0 Å². The maximum atomic E-state index is 11.7. The van der Waals surface area contributed by atoms with E-state index in [9.17, 15) is 5.21 Å². The summed E-state index contributed by atoms with van der Waals surface area (Å²) in [5, 5.41) is 13.8. The predicted molar refractivity (Wildman–Crippen MR) is 83.3 cm³/mol. The molecule has 0 fully saturated rings. The fraction of sp³-hybridized carbons (Fsp3) is 0.167. The summed E-state index contributed by atoms with van der Waals surface area (Å²) in [7, 11) is 1.66. The van der Waals surface area contributed by atoms with E-state index in [2.05, 4.69) is 18.2 Å². The molecule has 0 atom stereocenters. The highest BCUT2D eigenvalue weighted by Crippen LogP contribution is 2.19. The van der Waals surface area contributed by atoms with E-state index in [1.165, 1.54) is 5.56 Å². The zero-order valence-corrected chi connectivity index (χ0v) is 12.0. The molecule has 1 aromatic heterocycles. The number of benzene rings is 2. The lowest BCUT2D eigenvalue weighted by molar-refractivity contribution is -0.604. The third kappa shape index (κ3) is 2.97. The zero-order valence-electron chi connectivity index (χ0n) is 12.0. The topological polar surface area (TPSA) is 36.2 Å². The normalized spacial score (nSPS) is 10.7. The van der Waals surface area contributed by atoms with Crippen LogP contribution in [0.1, 0.15) is 11.1 Å². The van der Waals surface area contributed by atoms with Gasteiger partial charge in [-0.05, 0) is 42.0 Å². The number of fused-ring (bicyclic) bond motifs is 1. The highest BCUT2D eigenvalue weighted by molar-refractivity contribution is 5.83. The quantitative estimate of drug-likeness (QED) is 0.543. The Labute approximate surface area is 124 Å². The molecule has 0 N–H and O–H groups in total. The summed E-state index contributed by atoms with van der Waals surface area (Å²) in [5.74, 6) is 0.862. The van der Waals surface area contributed by atoms with Gasteiger partial charge < -0.3 is 9.94 Å². The monoisotopic (exact) mass is 279 g/mol. The molecule has 3 aromatic rings. The maximum absolute atomic E-state index is 11.7. The first kappa shape index (κ1) is 13.4. The second-order valence-corrected chi connectivity index (χ2v) is 5.08. The van der Waals surface area contributed by atoms with Crippen LogP contribution in [-0.2, 0) is 12.8 Å². The van der Waals surface area contributed by atoms with Crippen molar-refractivity contribution < 1.29 is 9.47 Å². The van der Waals surface area contributed by atoms with Crippen molar-refractivity contribution in [2.24, 2.45) is 0 Å². The molecule has 0 aliphatic carbocycles. The van der Waals surface area contributed by atoms with E-state index in [1.807, 2.05) is 30.3 Å². The molecule has 0 aliphatic heterocycles. The minimum absolute atomic E-state index is 0.843. The third-order valence-corrected chi connectivity index (χ3v) is 3.70. The summed E-state index contributed by atoms with van der Waals surface area (Å²) in [6.07, 6.45) is 5.03. The van der Waals surface area contributed by atoms with Gasteiger partial charge in [0.1, 0.15) is 5.75 Å². The van der Waals surface area contributed by atoms with E-state index in [0.717, 1.165) is 39.7 Å². The largest absolute Gasteiger partial charge is 0.619 e. The molecule has 0 saturated heterocycles. The molecule has 106 valence electrons. The summed E-state index contributed by atoms with van der Waals surface area (Å²) < 4.78 is 6.06. The second kappa shape index (κ2) is 5.83.